The van der Waals surface area contributed by atoms with E-state index in [9.17, 15) is 0 Å². The van der Waals surface area contributed by atoms with Crippen molar-refractivity contribution in [1.82, 2.24) is 9.97 Å². The van der Waals surface area contributed by atoms with Gasteiger partial charge in [-0.1, -0.05) is 159 Å². The average molecular weight is 793 g/mol. The zero-order valence-corrected chi connectivity index (χ0v) is 34.4. The third-order valence-corrected chi connectivity index (χ3v) is 12.9. The first kappa shape index (κ1) is 36.0. The van der Waals surface area contributed by atoms with Gasteiger partial charge in [0, 0.05) is 32.9 Å². The van der Waals surface area contributed by atoms with E-state index in [4.69, 9.17) is 14.4 Å². The molecule has 0 bridgehead atoms. The highest BCUT2D eigenvalue weighted by Gasteiger charge is 2.35. The largest absolute Gasteiger partial charge is 0.456 e. The second-order valence-corrected chi connectivity index (χ2v) is 17.0. The zero-order valence-electron chi connectivity index (χ0n) is 34.4. The van der Waals surface area contributed by atoms with Crippen molar-refractivity contribution in [3.63, 3.8) is 0 Å². The highest BCUT2D eigenvalue weighted by atomic mass is 16.3. The molecular formula is C59H40N2O. The lowest BCUT2D eigenvalue weighted by atomic mass is 9.82. The van der Waals surface area contributed by atoms with Crippen LogP contribution >= 0.6 is 0 Å². The molecule has 3 nitrogen and oxygen atoms in total. The topological polar surface area (TPSA) is 38.9 Å². The molecule has 0 unspecified atom stereocenters. The van der Waals surface area contributed by atoms with Crippen molar-refractivity contribution in [2.24, 2.45) is 0 Å². The average Bonchev–Trinajstić information content (AvgIpc) is 3.82. The quantitative estimate of drug-likeness (QED) is 0.168. The molecule has 11 aromatic rings. The highest BCUT2D eigenvalue weighted by Crippen LogP contribution is 2.49. The molecule has 0 spiro atoms. The Morgan fingerprint density at radius 2 is 0.919 bits per heavy atom. The molecule has 1 aliphatic rings. The summed E-state index contributed by atoms with van der Waals surface area (Å²) in [7, 11) is 0. The van der Waals surface area contributed by atoms with E-state index in [1.807, 2.05) is 30.3 Å². The molecule has 292 valence electrons. The van der Waals surface area contributed by atoms with Gasteiger partial charge in [0.05, 0.1) is 11.4 Å². The fourth-order valence-corrected chi connectivity index (χ4v) is 9.60. The van der Waals surface area contributed by atoms with Crippen LogP contribution in [0.15, 0.2) is 211 Å². The number of furan rings is 1. The van der Waals surface area contributed by atoms with Crippen molar-refractivity contribution < 1.29 is 4.42 Å². The standard InChI is InChI=1S/C59H40N2O/c1-59(2)52-21-10-8-19-48(52)50-34-42(25-27-53(50)59)40-17-12-18-44(30-40)54-36-55(61-58(60-54)38-14-4-3-5-15-38)47-32-45(41-24-23-37-13-6-7-16-39(37)29-41)31-46(33-47)43-26-28-57-51(35-43)49-20-9-11-22-56(49)62-57/h3-36H,1-2H3. The Balaban J connectivity index is 1.03. The van der Waals surface area contributed by atoms with Crippen LogP contribution in [0.25, 0.3) is 111 Å². The van der Waals surface area contributed by atoms with Crippen LogP contribution in [0.4, 0.5) is 0 Å². The number of para-hydroxylation sites is 1. The molecule has 0 amide bonds. The van der Waals surface area contributed by atoms with Crippen molar-refractivity contribution in [2.45, 2.75) is 19.3 Å². The van der Waals surface area contributed by atoms with Gasteiger partial charge in [0.25, 0.3) is 0 Å². The molecule has 12 rings (SSSR count). The lowest BCUT2D eigenvalue weighted by Gasteiger charge is -2.21. The summed E-state index contributed by atoms with van der Waals surface area (Å²) in [5, 5.41) is 4.63. The smallest absolute Gasteiger partial charge is 0.160 e. The Labute approximate surface area is 360 Å². The predicted octanol–water partition coefficient (Wildman–Crippen LogP) is 15.8. The van der Waals surface area contributed by atoms with Crippen molar-refractivity contribution in [3.8, 4) is 78.4 Å². The summed E-state index contributed by atoms with van der Waals surface area (Å²) in [5.41, 5.74) is 18.7. The fourth-order valence-electron chi connectivity index (χ4n) is 9.60. The Kier molecular flexibility index (Phi) is 8.20. The van der Waals surface area contributed by atoms with Crippen molar-refractivity contribution >= 4 is 32.7 Å². The monoisotopic (exact) mass is 792 g/mol. The molecule has 2 heterocycles. The molecule has 0 N–H and O–H groups in total. The molecule has 0 saturated carbocycles. The van der Waals surface area contributed by atoms with Crippen LogP contribution < -0.4 is 0 Å². The van der Waals surface area contributed by atoms with Crippen molar-refractivity contribution in [3.05, 3.63) is 217 Å². The maximum absolute atomic E-state index is 6.24. The van der Waals surface area contributed by atoms with E-state index in [0.717, 1.165) is 77.8 Å². The number of hydrogen-bond acceptors (Lipinski definition) is 3. The molecule has 3 heteroatoms. The van der Waals surface area contributed by atoms with Crippen LogP contribution in [-0.4, -0.2) is 9.97 Å². The summed E-state index contributed by atoms with van der Waals surface area (Å²) < 4.78 is 6.24. The first-order chi connectivity index (χ1) is 30.4. The van der Waals surface area contributed by atoms with Crippen molar-refractivity contribution in [1.29, 1.82) is 0 Å². The Morgan fingerprint density at radius 3 is 1.79 bits per heavy atom. The Bertz CT molecular complexity index is 3560. The first-order valence-electron chi connectivity index (χ1n) is 21.3. The molecule has 0 fully saturated rings. The van der Waals surface area contributed by atoms with Gasteiger partial charge < -0.3 is 4.42 Å². The number of nitrogens with zero attached hydrogens (tertiary/aromatic N) is 2. The van der Waals surface area contributed by atoms with Crippen LogP contribution in [0.1, 0.15) is 25.0 Å². The summed E-state index contributed by atoms with van der Waals surface area (Å²) >= 11 is 0. The maximum Gasteiger partial charge on any atom is 0.160 e. The van der Waals surface area contributed by atoms with Gasteiger partial charge in [0.1, 0.15) is 11.2 Å². The predicted molar refractivity (Wildman–Crippen MR) is 257 cm³/mol. The normalized spacial score (nSPS) is 12.8. The van der Waals surface area contributed by atoms with Crippen molar-refractivity contribution in [2.75, 3.05) is 0 Å². The van der Waals surface area contributed by atoms with Crippen LogP contribution in [0.2, 0.25) is 0 Å². The number of aromatic nitrogens is 2. The Morgan fingerprint density at radius 1 is 0.339 bits per heavy atom. The molecule has 2 aromatic heterocycles. The van der Waals surface area contributed by atoms with E-state index in [1.54, 1.807) is 0 Å². The summed E-state index contributed by atoms with van der Waals surface area (Å²) in [6, 6.07) is 73.9. The Hall–Kier alpha value is -7.88. The number of benzene rings is 9. The van der Waals surface area contributed by atoms with E-state index in [-0.39, 0.29) is 5.41 Å². The molecule has 0 radical (unpaired) electrons. The lowest BCUT2D eigenvalue weighted by molar-refractivity contribution is 0.660. The second kappa shape index (κ2) is 14.1. The van der Waals surface area contributed by atoms with Gasteiger partial charge in [-0.25, -0.2) is 9.97 Å². The maximum atomic E-state index is 6.24. The molecular weight excluding hydrogens is 753 g/mol. The van der Waals surface area contributed by atoms with Gasteiger partial charge in [-0.3, -0.25) is 0 Å². The van der Waals surface area contributed by atoms with Gasteiger partial charge in [-0.15, -0.1) is 0 Å². The van der Waals surface area contributed by atoms with Crippen LogP contribution in [0, 0.1) is 0 Å². The minimum atomic E-state index is -0.0383. The van der Waals surface area contributed by atoms with E-state index < -0.39 is 0 Å². The summed E-state index contributed by atoms with van der Waals surface area (Å²) in [6.07, 6.45) is 0. The summed E-state index contributed by atoms with van der Waals surface area (Å²) in [6.45, 7) is 4.66. The van der Waals surface area contributed by atoms with E-state index in [2.05, 4.69) is 190 Å². The number of rotatable bonds is 6. The van der Waals surface area contributed by atoms with Gasteiger partial charge in [-0.2, -0.15) is 0 Å². The molecule has 0 saturated heterocycles. The van der Waals surface area contributed by atoms with Crippen LogP contribution in [-0.2, 0) is 5.41 Å². The lowest BCUT2D eigenvalue weighted by Crippen LogP contribution is -2.14. The fraction of sp³-hybridized carbons (Fsp3) is 0.0508. The van der Waals surface area contributed by atoms with E-state index in [1.165, 1.54) is 38.6 Å². The van der Waals surface area contributed by atoms with E-state index >= 15 is 0 Å². The molecule has 0 aliphatic heterocycles. The van der Waals surface area contributed by atoms with Crippen LogP contribution in [0.3, 0.4) is 0 Å². The van der Waals surface area contributed by atoms with Gasteiger partial charge in [-0.05, 0) is 127 Å². The minimum absolute atomic E-state index is 0.0383. The van der Waals surface area contributed by atoms with Gasteiger partial charge >= 0.3 is 0 Å². The molecule has 62 heavy (non-hydrogen) atoms. The van der Waals surface area contributed by atoms with Gasteiger partial charge in [0.2, 0.25) is 0 Å². The minimum Gasteiger partial charge on any atom is -0.456 e. The molecule has 1 aliphatic carbocycles. The highest BCUT2D eigenvalue weighted by molar-refractivity contribution is 6.06. The third-order valence-electron chi connectivity index (χ3n) is 12.9. The zero-order chi connectivity index (χ0) is 41.4. The SMILES string of the molecule is CC1(C)c2ccccc2-c2cc(-c3cccc(-c4cc(-c5cc(-c6ccc7ccccc7c6)cc(-c6ccc7oc8ccccc8c7c6)c5)nc(-c5ccccc5)n4)c3)ccc21. The third kappa shape index (κ3) is 6.04. The summed E-state index contributed by atoms with van der Waals surface area (Å²) in [4.78, 5) is 10.6. The van der Waals surface area contributed by atoms with Crippen LogP contribution in [0.5, 0.6) is 0 Å². The van der Waals surface area contributed by atoms with E-state index in [0.29, 0.717) is 5.82 Å². The number of fused-ring (bicyclic) bond motifs is 7. The number of hydrogen-bond donors (Lipinski definition) is 0. The first-order valence-corrected chi connectivity index (χ1v) is 21.3. The second-order valence-electron chi connectivity index (χ2n) is 17.0. The van der Waals surface area contributed by atoms with Gasteiger partial charge in [0.15, 0.2) is 5.82 Å². The summed E-state index contributed by atoms with van der Waals surface area (Å²) in [5.74, 6) is 0.684. The molecule has 0 atom stereocenters. The molecule has 9 aromatic carbocycles.